The van der Waals surface area contributed by atoms with E-state index in [2.05, 4.69) is 22.2 Å². The Labute approximate surface area is 127 Å². The van der Waals surface area contributed by atoms with Crippen molar-refractivity contribution >= 4 is 0 Å². The van der Waals surface area contributed by atoms with Crippen molar-refractivity contribution in [2.24, 2.45) is 0 Å². The van der Waals surface area contributed by atoms with Crippen molar-refractivity contribution in [3.05, 3.63) is 18.1 Å². The molecule has 0 spiro atoms. The second-order valence-electron chi connectivity index (χ2n) is 5.85. The van der Waals surface area contributed by atoms with Crippen LogP contribution >= 0.6 is 0 Å². The smallest absolute Gasteiger partial charge is 0.216 e. The summed E-state index contributed by atoms with van der Waals surface area (Å²) in [6.45, 7) is 3.21. The molecule has 0 bridgehead atoms. The fourth-order valence-corrected chi connectivity index (χ4v) is 2.93. The number of aromatic nitrogens is 2. The first-order valence-electron chi connectivity index (χ1n) is 7.85. The van der Waals surface area contributed by atoms with Gasteiger partial charge >= 0.3 is 0 Å². The van der Waals surface area contributed by atoms with E-state index in [9.17, 15) is 0 Å². The zero-order valence-corrected chi connectivity index (χ0v) is 13.4. The molecule has 1 aromatic rings. The van der Waals surface area contributed by atoms with Crippen LogP contribution in [0.25, 0.3) is 0 Å². The second kappa shape index (κ2) is 7.71. The van der Waals surface area contributed by atoms with Crippen LogP contribution in [0, 0.1) is 0 Å². The van der Waals surface area contributed by atoms with Crippen LogP contribution in [0.15, 0.2) is 12.4 Å². The summed E-state index contributed by atoms with van der Waals surface area (Å²) in [6, 6.07) is 2.30. The predicted molar refractivity (Wildman–Crippen MR) is 82.6 cm³/mol. The topological polar surface area (TPSA) is 56.3 Å². The third-order valence-corrected chi connectivity index (χ3v) is 4.36. The van der Waals surface area contributed by atoms with E-state index in [4.69, 9.17) is 9.47 Å². The molecule has 1 N–H and O–H groups in total. The van der Waals surface area contributed by atoms with Crippen LogP contribution in [0.5, 0.6) is 5.88 Å². The normalized spacial score (nSPS) is 18.0. The van der Waals surface area contributed by atoms with Crippen LogP contribution in [0.4, 0.5) is 0 Å². The largest absolute Gasteiger partial charge is 0.481 e. The van der Waals surface area contributed by atoms with Crippen LogP contribution < -0.4 is 10.1 Å². The van der Waals surface area contributed by atoms with Gasteiger partial charge in [-0.1, -0.05) is 6.92 Å². The molecular formula is C16H27N3O2. The molecule has 1 unspecified atom stereocenters. The van der Waals surface area contributed by atoms with Gasteiger partial charge in [0.15, 0.2) is 0 Å². The first-order valence-corrected chi connectivity index (χ1v) is 7.85. The van der Waals surface area contributed by atoms with Crippen molar-refractivity contribution in [1.82, 2.24) is 15.3 Å². The van der Waals surface area contributed by atoms with Gasteiger partial charge in [-0.05, 0) is 38.6 Å². The highest BCUT2D eigenvalue weighted by molar-refractivity contribution is 5.14. The molecule has 0 aromatic carbocycles. The maximum atomic E-state index is 5.77. The summed E-state index contributed by atoms with van der Waals surface area (Å²) in [7, 11) is 3.47. The van der Waals surface area contributed by atoms with Gasteiger partial charge in [0.2, 0.25) is 5.88 Å². The Hall–Kier alpha value is -1.20. The molecule has 21 heavy (non-hydrogen) atoms. The van der Waals surface area contributed by atoms with Crippen molar-refractivity contribution < 1.29 is 9.47 Å². The molecule has 1 aromatic heterocycles. The molecule has 2 rings (SSSR count). The fourth-order valence-electron chi connectivity index (χ4n) is 2.93. The Bertz CT molecular complexity index is 430. The predicted octanol–water partition coefficient (Wildman–Crippen LogP) is 2.36. The van der Waals surface area contributed by atoms with Crippen molar-refractivity contribution in [2.75, 3.05) is 20.8 Å². The molecule has 5 heteroatoms. The number of methoxy groups -OCH3 is 2. The summed E-state index contributed by atoms with van der Waals surface area (Å²) in [5.41, 5.74) is 1.09. The van der Waals surface area contributed by atoms with Crippen LogP contribution in [0.1, 0.15) is 44.7 Å². The summed E-state index contributed by atoms with van der Waals surface area (Å²) in [5.74, 6) is 0.624. The molecule has 1 heterocycles. The highest BCUT2D eigenvalue weighted by atomic mass is 16.5. The van der Waals surface area contributed by atoms with Crippen LogP contribution in [0.2, 0.25) is 0 Å². The lowest BCUT2D eigenvalue weighted by atomic mass is 9.75. The van der Waals surface area contributed by atoms with Gasteiger partial charge < -0.3 is 14.8 Å². The highest BCUT2D eigenvalue weighted by Gasteiger charge is 2.38. The third-order valence-electron chi connectivity index (χ3n) is 4.36. The van der Waals surface area contributed by atoms with E-state index in [1.54, 1.807) is 13.4 Å². The van der Waals surface area contributed by atoms with Gasteiger partial charge in [0.05, 0.1) is 12.7 Å². The summed E-state index contributed by atoms with van der Waals surface area (Å²) in [5, 5.41) is 3.63. The van der Waals surface area contributed by atoms with Gasteiger partial charge in [-0.15, -0.1) is 0 Å². The minimum Gasteiger partial charge on any atom is -0.481 e. The molecule has 1 saturated carbocycles. The van der Waals surface area contributed by atoms with Gasteiger partial charge in [0, 0.05) is 31.3 Å². The summed E-state index contributed by atoms with van der Waals surface area (Å²) >= 11 is 0. The molecule has 0 aliphatic heterocycles. The number of rotatable bonds is 9. The van der Waals surface area contributed by atoms with Crippen LogP contribution in [-0.4, -0.2) is 42.4 Å². The van der Waals surface area contributed by atoms with E-state index in [1.807, 2.05) is 13.2 Å². The average Bonchev–Trinajstić information content (AvgIpc) is 2.48. The highest BCUT2D eigenvalue weighted by Crippen LogP contribution is 2.39. The average molecular weight is 293 g/mol. The zero-order valence-electron chi connectivity index (χ0n) is 13.4. The van der Waals surface area contributed by atoms with E-state index in [0.29, 0.717) is 11.9 Å². The maximum Gasteiger partial charge on any atom is 0.216 e. The number of hydrogen-bond acceptors (Lipinski definition) is 5. The van der Waals surface area contributed by atoms with Gasteiger partial charge in [-0.2, -0.15) is 0 Å². The lowest BCUT2D eigenvalue weighted by molar-refractivity contribution is -0.0834. The van der Waals surface area contributed by atoms with Gasteiger partial charge in [0.1, 0.15) is 6.33 Å². The third kappa shape index (κ3) is 4.38. The lowest BCUT2D eigenvalue weighted by Gasteiger charge is -2.43. The van der Waals surface area contributed by atoms with Gasteiger partial charge in [-0.25, -0.2) is 9.97 Å². The zero-order chi connectivity index (χ0) is 15.1. The quantitative estimate of drug-likeness (QED) is 0.757. The molecule has 0 radical (unpaired) electrons. The first-order chi connectivity index (χ1) is 10.2. The minimum atomic E-state index is 0.0719. The first kappa shape index (κ1) is 16.2. The molecule has 1 fully saturated rings. The number of hydrogen-bond donors (Lipinski definition) is 1. The molecule has 118 valence electrons. The Morgan fingerprint density at radius 1 is 1.33 bits per heavy atom. The van der Waals surface area contributed by atoms with Crippen molar-refractivity contribution in [3.63, 3.8) is 0 Å². The Balaban J connectivity index is 2.01. The van der Waals surface area contributed by atoms with E-state index < -0.39 is 0 Å². The van der Waals surface area contributed by atoms with Crippen LogP contribution in [0.3, 0.4) is 0 Å². The Morgan fingerprint density at radius 3 is 2.71 bits per heavy atom. The Kier molecular flexibility index (Phi) is 5.94. The van der Waals surface area contributed by atoms with Crippen molar-refractivity contribution in [2.45, 2.75) is 57.1 Å². The van der Waals surface area contributed by atoms with Crippen molar-refractivity contribution in [1.29, 1.82) is 0 Å². The number of ether oxygens (including phenoxy) is 2. The molecule has 0 saturated heterocycles. The second-order valence-corrected chi connectivity index (χ2v) is 5.85. The monoisotopic (exact) mass is 293 g/mol. The number of nitrogens with one attached hydrogen (secondary N) is 1. The minimum absolute atomic E-state index is 0.0719. The van der Waals surface area contributed by atoms with E-state index in [1.165, 1.54) is 19.3 Å². The van der Waals surface area contributed by atoms with E-state index in [0.717, 1.165) is 31.5 Å². The lowest BCUT2D eigenvalue weighted by Crippen LogP contribution is -2.46. The maximum absolute atomic E-state index is 5.77. The Morgan fingerprint density at radius 2 is 2.14 bits per heavy atom. The van der Waals surface area contributed by atoms with Crippen LogP contribution in [-0.2, 0) is 11.2 Å². The summed E-state index contributed by atoms with van der Waals surface area (Å²) in [4.78, 5) is 8.43. The standard InChI is InChI=1S/C16H27N3O2/c1-4-8-17-14(11-16(21-3)6-5-7-16)9-13-10-15(20-2)19-12-18-13/h10,12,14,17H,4-9,11H2,1-3H3. The molecule has 0 amide bonds. The molecule has 1 aliphatic rings. The fraction of sp³-hybridized carbons (Fsp3) is 0.750. The SMILES string of the molecule is CCCNC(Cc1cc(OC)ncn1)CC1(OC)CCC1. The van der Waals surface area contributed by atoms with Gasteiger partial charge in [0.25, 0.3) is 0 Å². The molecule has 1 aliphatic carbocycles. The number of nitrogens with zero attached hydrogens (tertiary/aromatic N) is 2. The molecular weight excluding hydrogens is 266 g/mol. The molecule has 5 nitrogen and oxygen atoms in total. The summed E-state index contributed by atoms with van der Waals surface area (Å²) < 4.78 is 10.9. The van der Waals surface area contributed by atoms with E-state index in [-0.39, 0.29) is 5.60 Å². The van der Waals surface area contributed by atoms with Crippen molar-refractivity contribution in [3.8, 4) is 5.88 Å². The molecule has 1 atom stereocenters. The van der Waals surface area contributed by atoms with E-state index >= 15 is 0 Å². The summed E-state index contributed by atoms with van der Waals surface area (Å²) in [6.07, 6.45) is 8.22. The van der Waals surface area contributed by atoms with Gasteiger partial charge in [-0.3, -0.25) is 0 Å².